The van der Waals surface area contributed by atoms with Crippen molar-refractivity contribution in [3.8, 4) is 5.75 Å². The Morgan fingerprint density at radius 3 is 2.36 bits per heavy atom. The van der Waals surface area contributed by atoms with Gasteiger partial charge in [0.05, 0.1) is 0 Å². The number of hydrazine groups is 1. The van der Waals surface area contributed by atoms with Gasteiger partial charge in [-0.05, 0) is 61.7 Å². The number of halogens is 2. The van der Waals surface area contributed by atoms with E-state index >= 15 is 0 Å². The number of amides is 7. The maximum absolute atomic E-state index is 13.5. The van der Waals surface area contributed by atoms with Crippen molar-refractivity contribution in [3.63, 3.8) is 0 Å². The Morgan fingerprint density at radius 1 is 1.18 bits per heavy atom. The quantitative estimate of drug-likeness (QED) is 0.327. The van der Waals surface area contributed by atoms with E-state index in [2.05, 4.69) is 43.5 Å². The van der Waals surface area contributed by atoms with Crippen molar-refractivity contribution < 1.29 is 28.7 Å². The van der Waals surface area contributed by atoms with Crippen LogP contribution >= 0.6 is 15.9 Å². The van der Waals surface area contributed by atoms with Crippen LogP contribution in [0.2, 0.25) is 0 Å². The van der Waals surface area contributed by atoms with Gasteiger partial charge in [-0.3, -0.25) is 4.79 Å². The lowest BCUT2D eigenvalue weighted by molar-refractivity contribution is -0.132. The van der Waals surface area contributed by atoms with E-state index in [1.807, 2.05) is 0 Å². The molecular weight excluding hydrogens is 503 g/mol. The van der Waals surface area contributed by atoms with E-state index in [1.165, 1.54) is 25.1 Å². The number of aromatic hydroxyl groups is 1. The number of nitrogens with two attached hydrogens (primary N) is 2. The second kappa shape index (κ2) is 10.6. The molecule has 33 heavy (non-hydrogen) atoms. The van der Waals surface area contributed by atoms with Crippen molar-refractivity contribution >= 4 is 45.6 Å². The number of imide groups is 1. The van der Waals surface area contributed by atoms with Crippen molar-refractivity contribution in [2.45, 2.75) is 25.3 Å². The largest absolute Gasteiger partial charge is 0.505 e. The normalized spacial score (nSPS) is 17.0. The summed E-state index contributed by atoms with van der Waals surface area (Å²) in [5, 5.41) is 14.9. The van der Waals surface area contributed by atoms with Gasteiger partial charge in [0.15, 0.2) is 11.6 Å². The number of benzene rings is 2. The van der Waals surface area contributed by atoms with Crippen molar-refractivity contribution in [1.29, 1.82) is 0 Å². The second-order valence-electron chi connectivity index (χ2n) is 7.16. The molecule has 1 atom stereocenters. The Balaban J connectivity index is 0.000000890. The molecule has 0 radical (unpaired) electrons. The van der Waals surface area contributed by atoms with E-state index in [-0.39, 0.29) is 12.8 Å². The van der Waals surface area contributed by atoms with Crippen LogP contribution in [0.3, 0.4) is 0 Å². The van der Waals surface area contributed by atoms with Gasteiger partial charge in [0.2, 0.25) is 0 Å². The molecule has 1 aliphatic rings. The molecule has 0 aliphatic carbocycles. The molecule has 0 saturated carbocycles. The minimum atomic E-state index is -1.27. The first-order chi connectivity index (χ1) is 15.4. The van der Waals surface area contributed by atoms with Gasteiger partial charge in [-0.15, -0.1) is 0 Å². The number of anilines is 1. The molecule has 2 aromatic carbocycles. The smallest absolute Gasteiger partial charge is 0.344 e. The third-order valence-corrected chi connectivity index (χ3v) is 5.03. The summed E-state index contributed by atoms with van der Waals surface area (Å²) in [5.74, 6) is -1.85. The van der Waals surface area contributed by atoms with E-state index in [0.29, 0.717) is 16.3 Å². The lowest BCUT2D eigenvalue weighted by Crippen LogP contribution is -2.50. The summed E-state index contributed by atoms with van der Waals surface area (Å²) in [5.41, 5.74) is 10.5. The van der Waals surface area contributed by atoms with Gasteiger partial charge < -0.3 is 27.2 Å². The Morgan fingerprint density at radius 2 is 1.79 bits per heavy atom. The summed E-state index contributed by atoms with van der Waals surface area (Å²) in [6, 6.07) is 8.33. The molecule has 0 aromatic heterocycles. The van der Waals surface area contributed by atoms with Gasteiger partial charge in [-0.1, -0.05) is 22.0 Å². The highest BCUT2D eigenvalue weighted by molar-refractivity contribution is 9.10. The molecule has 1 fully saturated rings. The molecule has 11 nitrogen and oxygen atoms in total. The molecule has 0 bridgehead atoms. The van der Waals surface area contributed by atoms with Crippen LogP contribution in [0.4, 0.5) is 24.5 Å². The molecule has 8 N–H and O–H groups in total. The van der Waals surface area contributed by atoms with Crippen LogP contribution in [0, 0.1) is 5.82 Å². The van der Waals surface area contributed by atoms with Crippen molar-refractivity contribution in [1.82, 2.24) is 15.8 Å². The van der Waals surface area contributed by atoms with Gasteiger partial charge >= 0.3 is 18.1 Å². The highest BCUT2D eigenvalue weighted by Crippen LogP contribution is 2.24. The molecule has 1 aliphatic heterocycles. The molecular formula is C20H22BrFN6O5. The summed E-state index contributed by atoms with van der Waals surface area (Å²) in [6.07, 6.45) is 0.451. The van der Waals surface area contributed by atoms with E-state index in [0.717, 1.165) is 4.47 Å². The number of carbonyl (C=O) groups excluding carboxylic acids is 4. The van der Waals surface area contributed by atoms with Crippen LogP contribution in [0.15, 0.2) is 46.9 Å². The predicted molar refractivity (Wildman–Crippen MR) is 120 cm³/mol. The predicted octanol–water partition coefficient (Wildman–Crippen LogP) is 2.30. The maximum Gasteiger partial charge on any atom is 0.344 e. The molecule has 2 aromatic rings. The fourth-order valence-electron chi connectivity index (χ4n) is 2.85. The number of urea groups is 3. The number of rotatable bonds is 5. The molecule has 176 valence electrons. The average Bonchev–Trinajstić information content (AvgIpc) is 2.93. The van der Waals surface area contributed by atoms with Crippen LogP contribution < -0.4 is 27.5 Å². The number of nitrogens with zero attached hydrogens (tertiary/aromatic N) is 1. The molecule has 1 heterocycles. The average molecular weight is 525 g/mol. The first kappa shape index (κ1) is 25.4. The van der Waals surface area contributed by atoms with Crippen molar-refractivity contribution in [3.05, 3.63) is 58.3 Å². The van der Waals surface area contributed by atoms with Crippen LogP contribution in [-0.2, 0) is 11.2 Å². The molecule has 1 unspecified atom stereocenters. The van der Waals surface area contributed by atoms with Gasteiger partial charge in [-0.2, -0.15) is 5.01 Å². The number of nitrogens with one attached hydrogen (secondary N) is 3. The zero-order valence-corrected chi connectivity index (χ0v) is 19.0. The molecule has 1 saturated heterocycles. The fourth-order valence-corrected chi connectivity index (χ4v) is 3.11. The van der Waals surface area contributed by atoms with Gasteiger partial charge in [0.1, 0.15) is 5.54 Å². The summed E-state index contributed by atoms with van der Waals surface area (Å²) >= 11 is 3.28. The van der Waals surface area contributed by atoms with E-state index in [9.17, 15) is 23.9 Å². The SMILES string of the molecule is CC1(CCc2ccc(O)c(F)c2)NC(=O)N(NC(=O)Nc2ccc(Br)cc2)C1=O.NC(N)=O. The molecule has 13 heteroatoms. The topological polar surface area (TPSA) is 180 Å². The summed E-state index contributed by atoms with van der Waals surface area (Å²) < 4.78 is 14.3. The number of primary amides is 2. The molecule has 3 rings (SSSR count). The van der Waals surface area contributed by atoms with Crippen LogP contribution in [0.25, 0.3) is 0 Å². The molecule has 0 spiro atoms. The Bertz CT molecular complexity index is 1060. The summed E-state index contributed by atoms with van der Waals surface area (Å²) in [6.45, 7) is 1.53. The lowest BCUT2D eigenvalue weighted by Gasteiger charge is -2.21. The summed E-state index contributed by atoms with van der Waals surface area (Å²) in [7, 11) is 0. The molecule has 7 amide bonds. The Labute approximate surface area is 196 Å². The van der Waals surface area contributed by atoms with E-state index < -0.39 is 41.1 Å². The minimum Gasteiger partial charge on any atom is -0.505 e. The number of aryl methyl sites for hydroxylation is 1. The summed E-state index contributed by atoms with van der Waals surface area (Å²) in [4.78, 5) is 46.0. The highest BCUT2D eigenvalue weighted by atomic mass is 79.9. The third-order valence-electron chi connectivity index (χ3n) is 4.50. The zero-order chi connectivity index (χ0) is 24.8. The first-order valence-corrected chi connectivity index (χ1v) is 10.2. The number of phenolic OH excluding ortho intramolecular Hbond substituents is 1. The highest BCUT2D eigenvalue weighted by Gasteiger charge is 2.48. The van der Waals surface area contributed by atoms with Crippen LogP contribution in [-0.4, -0.2) is 39.7 Å². The van der Waals surface area contributed by atoms with Crippen LogP contribution in [0.1, 0.15) is 18.9 Å². The number of carbonyl (C=O) groups is 4. The minimum absolute atomic E-state index is 0.175. The van der Waals surface area contributed by atoms with E-state index in [4.69, 9.17) is 4.79 Å². The monoisotopic (exact) mass is 524 g/mol. The van der Waals surface area contributed by atoms with Gasteiger partial charge in [-0.25, -0.2) is 24.2 Å². The standard InChI is InChI=1S/C19H18BrFN4O4.CH4N2O/c1-19(9-8-11-2-7-15(26)14(21)10-11)16(27)25(18(29)23-19)24-17(28)22-13-5-3-12(20)4-6-13;2-1(3)4/h2-7,10,26H,8-9H2,1H3,(H,23,29)(H2,22,24,28);(H4,2,3,4). The first-order valence-electron chi connectivity index (χ1n) is 9.43. The number of hydrogen-bond acceptors (Lipinski definition) is 5. The Kier molecular flexibility index (Phi) is 8.18. The van der Waals surface area contributed by atoms with Gasteiger partial charge in [0, 0.05) is 10.2 Å². The van der Waals surface area contributed by atoms with Crippen molar-refractivity contribution in [2.24, 2.45) is 11.5 Å². The number of phenols is 1. The van der Waals surface area contributed by atoms with Gasteiger partial charge in [0.25, 0.3) is 5.91 Å². The lowest BCUT2D eigenvalue weighted by atomic mass is 9.93. The second-order valence-corrected chi connectivity index (χ2v) is 8.08. The Hall–Kier alpha value is -3.87. The van der Waals surface area contributed by atoms with Crippen molar-refractivity contribution in [2.75, 3.05) is 5.32 Å². The zero-order valence-electron chi connectivity index (χ0n) is 17.4. The van der Waals surface area contributed by atoms with Crippen LogP contribution in [0.5, 0.6) is 5.75 Å². The maximum atomic E-state index is 13.5. The fraction of sp³-hybridized carbons (Fsp3) is 0.200. The third kappa shape index (κ3) is 7.07. The van der Waals surface area contributed by atoms with E-state index in [1.54, 1.807) is 24.3 Å². The number of hydrogen-bond donors (Lipinski definition) is 6.